The molecule has 2 bridgehead atoms. The van der Waals surface area contributed by atoms with E-state index in [0.717, 1.165) is 12.3 Å². The van der Waals surface area contributed by atoms with E-state index >= 15 is 0 Å². The number of carbonyl (C=O) groups is 1. The van der Waals surface area contributed by atoms with Crippen molar-refractivity contribution >= 4 is 5.78 Å². The highest BCUT2D eigenvalue weighted by Gasteiger charge is 2.40. The van der Waals surface area contributed by atoms with Gasteiger partial charge in [0.1, 0.15) is 5.69 Å². The van der Waals surface area contributed by atoms with E-state index < -0.39 is 11.9 Å². The largest absolute Gasteiger partial charge is 0.433 e. The minimum absolute atomic E-state index is 0.119. The summed E-state index contributed by atoms with van der Waals surface area (Å²) >= 11 is 0. The number of fused-ring (bicyclic) bond motifs is 2. The van der Waals surface area contributed by atoms with Gasteiger partial charge in [0.25, 0.3) is 0 Å². The Bertz CT molecular complexity index is 545. The van der Waals surface area contributed by atoms with Gasteiger partial charge >= 0.3 is 6.18 Å². The number of hydrogen-bond acceptors (Lipinski definition) is 4. The van der Waals surface area contributed by atoms with E-state index in [4.69, 9.17) is 4.74 Å². The molecule has 2 atom stereocenters. The quantitative estimate of drug-likeness (QED) is 0.786. The van der Waals surface area contributed by atoms with Gasteiger partial charge in [-0.1, -0.05) is 0 Å². The molecule has 2 saturated heterocycles. The Morgan fingerprint density at radius 1 is 1.27 bits per heavy atom. The molecule has 0 aliphatic carbocycles. The summed E-state index contributed by atoms with van der Waals surface area (Å²) in [5.41, 5.74) is -0.723. The Balaban J connectivity index is 1.74. The van der Waals surface area contributed by atoms with E-state index in [2.05, 4.69) is 9.88 Å². The molecule has 0 amide bonds. The van der Waals surface area contributed by atoms with Crippen LogP contribution in [0.1, 0.15) is 28.9 Å². The molecule has 2 aliphatic rings. The number of pyridine rings is 1. The van der Waals surface area contributed by atoms with E-state index in [9.17, 15) is 18.0 Å². The summed E-state index contributed by atoms with van der Waals surface area (Å²) in [4.78, 5) is 18.1. The van der Waals surface area contributed by atoms with Crippen LogP contribution in [0.15, 0.2) is 18.3 Å². The van der Waals surface area contributed by atoms with Gasteiger partial charge < -0.3 is 4.74 Å². The molecule has 0 N–H and O–H groups in total. The van der Waals surface area contributed by atoms with Crippen molar-refractivity contribution in [2.75, 3.05) is 20.3 Å². The van der Waals surface area contributed by atoms with Crippen LogP contribution < -0.4 is 0 Å². The Kier molecular flexibility index (Phi) is 3.94. The molecule has 0 aromatic carbocycles. The first-order valence-electron chi connectivity index (χ1n) is 7.23. The molecule has 7 heteroatoms. The zero-order valence-electron chi connectivity index (χ0n) is 12.1. The maximum Gasteiger partial charge on any atom is 0.433 e. The molecule has 1 aromatic rings. The number of likely N-dealkylation sites (N-methyl/N-ethyl adjacent to an activating group) is 1. The molecule has 0 spiro atoms. The van der Waals surface area contributed by atoms with Crippen molar-refractivity contribution in [1.82, 2.24) is 9.88 Å². The first kappa shape index (κ1) is 15.4. The predicted molar refractivity (Wildman–Crippen MR) is 72.5 cm³/mol. The molecule has 4 nitrogen and oxygen atoms in total. The second kappa shape index (κ2) is 5.62. The van der Waals surface area contributed by atoms with Gasteiger partial charge in [0, 0.05) is 29.8 Å². The molecule has 2 unspecified atom stereocenters. The third-order valence-corrected chi connectivity index (χ3v) is 4.59. The van der Waals surface area contributed by atoms with E-state index in [0.29, 0.717) is 26.1 Å². The van der Waals surface area contributed by atoms with Gasteiger partial charge in [-0.2, -0.15) is 13.2 Å². The number of aromatic nitrogens is 1. The average Bonchev–Trinajstić information content (AvgIpc) is 2.45. The second-order valence-electron chi connectivity index (χ2n) is 5.97. The number of rotatable bonds is 2. The molecule has 120 valence electrons. The van der Waals surface area contributed by atoms with E-state index in [-0.39, 0.29) is 29.3 Å². The number of alkyl halides is 3. The van der Waals surface area contributed by atoms with Crippen LogP contribution in [0.5, 0.6) is 0 Å². The second-order valence-corrected chi connectivity index (χ2v) is 5.97. The molecule has 2 aliphatic heterocycles. The fourth-order valence-corrected chi connectivity index (χ4v) is 3.25. The fourth-order valence-electron chi connectivity index (χ4n) is 3.25. The minimum atomic E-state index is -4.48. The average molecular weight is 314 g/mol. The summed E-state index contributed by atoms with van der Waals surface area (Å²) in [5.74, 6) is -0.292. The number of Topliss-reactive ketones (excluding diaryl/α,β-unsaturated/α-hetero) is 1. The van der Waals surface area contributed by atoms with Crippen molar-refractivity contribution in [3.8, 4) is 0 Å². The molecule has 1 aromatic heterocycles. The number of ketones is 1. The van der Waals surface area contributed by atoms with Crippen LogP contribution in [0.25, 0.3) is 0 Å². The monoisotopic (exact) mass is 314 g/mol. The highest BCUT2D eigenvalue weighted by Crippen LogP contribution is 2.33. The minimum Gasteiger partial charge on any atom is -0.378 e. The summed E-state index contributed by atoms with van der Waals surface area (Å²) < 4.78 is 43.0. The van der Waals surface area contributed by atoms with Gasteiger partial charge in [0.05, 0.1) is 13.2 Å². The number of morpholine rings is 1. The van der Waals surface area contributed by atoms with Gasteiger partial charge in [-0.15, -0.1) is 0 Å². The summed E-state index contributed by atoms with van der Waals surface area (Å²) in [7, 11) is 2.03. The SMILES string of the molecule is CN1C2COCC1CC(C(=O)c1ccc(C(F)(F)F)nc1)C2. The highest BCUT2D eigenvalue weighted by molar-refractivity contribution is 5.97. The lowest BCUT2D eigenvalue weighted by atomic mass is 9.81. The zero-order chi connectivity index (χ0) is 15.9. The number of ether oxygens (including phenoxy) is 1. The molecule has 0 radical (unpaired) electrons. The van der Waals surface area contributed by atoms with E-state index in [1.165, 1.54) is 6.07 Å². The van der Waals surface area contributed by atoms with Crippen LogP contribution >= 0.6 is 0 Å². The molecule has 2 fully saturated rings. The molecule has 22 heavy (non-hydrogen) atoms. The van der Waals surface area contributed by atoms with Gasteiger partial charge in [-0.05, 0) is 32.0 Å². The number of nitrogens with zero attached hydrogens (tertiary/aromatic N) is 2. The molecule has 3 rings (SSSR count). The topological polar surface area (TPSA) is 42.4 Å². The summed E-state index contributed by atoms with van der Waals surface area (Å²) in [6, 6.07) is 2.49. The predicted octanol–water partition coefficient (Wildman–Crippen LogP) is 2.39. The number of carbonyl (C=O) groups excluding carboxylic acids is 1. The third-order valence-electron chi connectivity index (χ3n) is 4.59. The van der Waals surface area contributed by atoms with Crippen LogP contribution in [-0.4, -0.2) is 48.0 Å². The standard InChI is InChI=1S/C15H17F3N2O2/c1-20-11-4-10(5-12(20)8-22-7-11)14(21)9-2-3-13(19-6-9)15(16,17)18/h2-3,6,10-12H,4-5,7-8H2,1H3. The molecule has 0 saturated carbocycles. The van der Waals surface area contributed by atoms with E-state index in [1.807, 2.05) is 7.05 Å². The maximum atomic E-state index is 12.5. The van der Waals surface area contributed by atoms with Gasteiger partial charge in [-0.3, -0.25) is 14.7 Å². The van der Waals surface area contributed by atoms with Crippen LogP contribution in [-0.2, 0) is 10.9 Å². The first-order valence-corrected chi connectivity index (χ1v) is 7.23. The molecule has 3 heterocycles. The van der Waals surface area contributed by atoms with Gasteiger partial charge in [0.15, 0.2) is 5.78 Å². The number of piperidine rings is 1. The first-order chi connectivity index (χ1) is 10.4. The third kappa shape index (κ3) is 2.87. The highest BCUT2D eigenvalue weighted by atomic mass is 19.4. The normalized spacial score (nSPS) is 29.4. The summed E-state index contributed by atoms with van der Waals surface area (Å²) in [6.07, 6.45) is -2.10. The maximum absolute atomic E-state index is 12.5. The van der Waals surface area contributed by atoms with Crippen molar-refractivity contribution in [2.45, 2.75) is 31.1 Å². The zero-order valence-corrected chi connectivity index (χ0v) is 12.1. The molecular formula is C15H17F3N2O2. The van der Waals surface area contributed by atoms with Crippen molar-refractivity contribution in [2.24, 2.45) is 5.92 Å². The van der Waals surface area contributed by atoms with Gasteiger partial charge in [-0.25, -0.2) is 0 Å². The smallest absolute Gasteiger partial charge is 0.378 e. The lowest BCUT2D eigenvalue weighted by Crippen LogP contribution is -2.55. The van der Waals surface area contributed by atoms with Crippen molar-refractivity contribution in [3.63, 3.8) is 0 Å². The Morgan fingerprint density at radius 2 is 1.91 bits per heavy atom. The van der Waals surface area contributed by atoms with Crippen molar-refractivity contribution in [1.29, 1.82) is 0 Å². The van der Waals surface area contributed by atoms with Crippen LogP contribution in [0.4, 0.5) is 13.2 Å². The van der Waals surface area contributed by atoms with Crippen molar-refractivity contribution in [3.05, 3.63) is 29.6 Å². The van der Waals surface area contributed by atoms with Crippen molar-refractivity contribution < 1.29 is 22.7 Å². The Morgan fingerprint density at radius 3 is 2.41 bits per heavy atom. The van der Waals surface area contributed by atoms with E-state index in [1.54, 1.807) is 0 Å². The number of hydrogen-bond donors (Lipinski definition) is 0. The lowest BCUT2D eigenvalue weighted by molar-refractivity contribution is -0.141. The summed E-state index contributed by atoms with van der Waals surface area (Å²) in [6.45, 7) is 1.20. The lowest BCUT2D eigenvalue weighted by Gasteiger charge is -2.46. The van der Waals surface area contributed by atoms with Crippen LogP contribution in [0.2, 0.25) is 0 Å². The van der Waals surface area contributed by atoms with Gasteiger partial charge in [0.2, 0.25) is 0 Å². The number of halogens is 3. The summed E-state index contributed by atoms with van der Waals surface area (Å²) in [5, 5.41) is 0. The Labute approximate surface area is 126 Å². The Hall–Kier alpha value is -1.47. The van der Waals surface area contributed by atoms with Crippen LogP contribution in [0, 0.1) is 5.92 Å². The molecular weight excluding hydrogens is 297 g/mol. The fraction of sp³-hybridized carbons (Fsp3) is 0.600. The van der Waals surface area contributed by atoms with Crippen LogP contribution in [0.3, 0.4) is 0 Å².